The van der Waals surface area contributed by atoms with Crippen molar-refractivity contribution >= 4 is 11.8 Å². The van der Waals surface area contributed by atoms with Crippen LogP contribution >= 0.6 is 0 Å². The van der Waals surface area contributed by atoms with Crippen LogP contribution in [0.2, 0.25) is 0 Å². The molecule has 0 aromatic rings. The van der Waals surface area contributed by atoms with Gasteiger partial charge in [-0.3, -0.25) is 9.59 Å². The van der Waals surface area contributed by atoms with Crippen molar-refractivity contribution in [3.63, 3.8) is 0 Å². The van der Waals surface area contributed by atoms with Gasteiger partial charge in [-0.25, -0.2) is 0 Å². The number of hydrogen-bond donors (Lipinski definition) is 2. The number of nitrogens with one attached hydrogen (secondary N) is 1. The van der Waals surface area contributed by atoms with Crippen LogP contribution in [0.3, 0.4) is 0 Å². The van der Waals surface area contributed by atoms with Crippen LogP contribution in [0, 0.1) is 11.8 Å². The lowest BCUT2D eigenvalue weighted by molar-refractivity contribution is -0.130. The highest BCUT2D eigenvalue weighted by atomic mass is 16.5. The molecular weight excluding hydrogens is 208 g/mol. The van der Waals surface area contributed by atoms with Crippen molar-refractivity contribution in [3.05, 3.63) is 0 Å². The number of hydrogen-bond acceptors (Lipinski definition) is 3. The molecule has 3 N–H and O–H groups in total. The van der Waals surface area contributed by atoms with Crippen LogP contribution < -0.4 is 11.1 Å². The molecule has 0 aromatic carbocycles. The molecule has 16 heavy (non-hydrogen) atoms. The fraction of sp³-hybridized carbons (Fsp3) is 0.818. The van der Waals surface area contributed by atoms with Crippen LogP contribution in [0.5, 0.6) is 0 Å². The molecule has 1 saturated heterocycles. The first-order chi connectivity index (χ1) is 7.56. The van der Waals surface area contributed by atoms with Crippen LogP contribution in [0.4, 0.5) is 0 Å². The highest BCUT2D eigenvalue weighted by Gasteiger charge is 2.29. The molecule has 5 nitrogen and oxygen atoms in total. The average Bonchev–Trinajstić information content (AvgIpc) is 2.77. The summed E-state index contributed by atoms with van der Waals surface area (Å²) in [5.41, 5.74) is 5.28. The van der Waals surface area contributed by atoms with Gasteiger partial charge >= 0.3 is 0 Å². The lowest BCUT2D eigenvalue weighted by Gasteiger charge is -2.22. The lowest BCUT2D eigenvalue weighted by atomic mass is 9.97. The molecule has 0 unspecified atom stereocenters. The Balaban J connectivity index is 2.53. The van der Waals surface area contributed by atoms with E-state index in [1.165, 1.54) is 0 Å². The maximum absolute atomic E-state index is 11.8. The van der Waals surface area contributed by atoms with E-state index >= 15 is 0 Å². The molecular formula is C11H20N2O3. The largest absolute Gasteiger partial charge is 0.381 e. The summed E-state index contributed by atoms with van der Waals surface area (Å²) >= 11 is 0. The second kappa shape index (κ2) is 5.84. The molecule has 1 aliphatic heterocycles. The van der Waals surface area contributed by atoms with Crippen molar-refractivity contribution < 1.29 is 14.3 Å². The Bertz CT molecular complexity index is 262. The summed E-state index contributed by atoms with van der Waals surface area (Å²) in [6, 6.07) is -0.571. The topological polar surface area (TPSA) is 81.4 Å². The minimum absolute atomic E-state index is 0.0590. The van der Waals surface area contributed by atoms with E-state index in [1.54, 1.807) is 0 Å². The zero-order valence-electron chi connectivity index (χ0n) is 9.86. The molecule has 1 heterocycles. The summed E-state index contributed by atoms with van der Waals surface area (Å²) in [6.07, 6.45) is 1.52. The van der Waals surface area contributed by atoms with E-state index in [0.29, 0.717) is 13.2 Å². The first kappa shape index (κ1) is 13.0. The minimum atomic E-state index is -0.571. The highest BCUT2D eigenvalue weighted by molar-refractivity contribution is 5.87. The molecule has 1 aliphatic rings. The Morgan fingerprint density at radius 2 is 2.25 bits per heavy atom. The second-order valence-corrected chi connectivity index (χ2v) is 4.33. The van der Waals surface area contributed by atoms with Gasteiger partial charge in [-0.1, -0.05) is 20.3 Å². The normalized spacial score (nSPS) is 23.8. The number of carbonyl (C=O) groups is 2. The van der Waals surface area contributed by atoms with Gasteiger partial charge in [0.2, 0.25) is 11.8 Å². The Morgan fingerprint density at radius 3 is 2.69 bits per heavy atom. The molecule has 0 saturated carbocycles. The summed E-state index contributed by atoms with van der Waals surface area (Å²) < 4.78 is 5.13. The molecule has 1 fully saturated rings. The third kappa shape index (κ3) is 3.20. The third-order valence-electron chi connectivity index (χ3n) is 3.12. The van der Waals surface area contributed by atoms with Crippen molar-refractivity contribution in [1.82, 2.24) is 5.32 Å². The summed E-state index contributed by atoms with van der Waals surface area (Å²) in [6.45, 7) is 4.92. The monoisotopic (exact) mass is 228 g/mol. The van der Waals surface area contributed by atoms with E-state index < -0.39 is 11.9 Å². The fourth-order valence-electron chi connectivity index (χ4n) is 1.74. The van der Waals surface area contributed by atoms with Gasteiger partial charge < -0.3 is 15.8 Å². The zero-order chi connectivity index (χ0) is 12.1. The molecule has 1 rings (SSSR count). The lowest BCUT2D eigenvalue weighted by Crippen LogP contribution is -2.50. The first-order valence-electron chi connectivity index (χ1n) is 5.73. The predicted octanol–water partition coefficient (Wildman–Crippen LogP) is 0.0391. The standard InChI is InChI=1S/C11H20N2O3/c1-3-7(2)9(10(12)14)13-11(15)8-4-5-16-6-8/h7-9H,3-6H2,1-2H3,(H2,12,14)(H,13,15)/t7-,8+,9-/m1/s1. The van der Waals surface area contributed by atoms with Crippen molar-refractivity contribution in [2.45, 2.75) is 32.7 Å². The minimum Gasteiger partial charge on any atom is -0.381 e. The van der Waals surface area contributed by atoms with Gasteiger partial charge in [-0.2, -0.15) is 0 Å². The number of carbonyl (C=O) groups excluding carboxylic acids is 2. The molecule has 5 heteroatoms. The highest BCUT2D eigenvalue weighted by Crippen LogP contribution is 2.14. The predicted molar refractivity (Wildman–Crippen MR) is 59.5 cm³/mol. The van der Waals surface area contributed by atoms with Gasteiger partial charge in [0.1, 0.15) is 6.04 Å². The van der Waals surface area contributed by atoms with E-state index in [2.05, 4.69) is 5.32 Å². The molecule has 2 amide bonds. The summed E-state index contributed by atoms with van der Waals surface area (Å²) in [7, 11) is 0. The van der Waals surface area contributed by atoms with Gasteiger partial charge in [0.15, 0.2) is 0 Å². The van der Waals surface area contributed by atoms with E-state index in [1.807, 2.05) is 13.8 Å². The molecule has 0 bridgehead atoms. The zero-order valence-corrected chi connectivity index (χ0v) is 9.86. The molecule has 3 atom stereocenters. The fourth-order valence-corrected chi connectivity index (χ4v) is 1.74. The van der Waals surface area contributed by atoms with E-state index in [9.17, 15) is 9.59 Å². The second-order valence-electron chi connectivity index (χ2n) is 4.33. The Labute approximate surface area is 95.7 Å². The van der Waals surface area contributed by atoms with Gasteiger partial charge in [0, 0.05) is 6.61 Å². The van der Waals surface area contributed by atoms with Crippen LogP contribution in [0.1, 0.15) is 26.7 Å². The molecule has 0 spiro atoms. The number of primary amides is 1. The average molecular weight is 228 g/mol. The van der Waals surface area contributed by atoms with Crippen LogP contribution in [0.15, 0.2) is 0 Å². The van der Waals surface area contributed by atoms with Gasteiger partial charge in [0.05, 0.1) is 12.5 Å². The van der Waals surface area contributed by atoms with Crippen molar-refractivity contribution in [2.24, 2.45) is 17.6 Å². The number of ether oxygens (including phenoxy) is 1. The van der Waals surface area contributed by atoms with Gasteiger partial charge in [0.25, 0.3) is 0 Å². The van der Waals surface area contributed by atoms with Crippen LogP contribution in [0.25, 0.3) is 0 Å². The van der Waals surface area contributed by atoms with E-state index in [0.717, 1.165) is 12.8 Å². The molecule has 0 aromatic heterocycles. The Kier molecular flexibility index (Phi) is 4.73. The summed E-state index contributed by atoms with van der Waals surface area (Å²) in [5, 5.41) is 2.72. The summed E-state index contributed by atoms with van der Waals surface area (Å²) in [4.78, 5) is 23.0. The van der Waals surface area contributed by atoms with Crippen molar-refractivity contribution in [1.29, 1.82) is 0 Å². The molecule has 0 aliphatic carbocycles. The Hall–Kier alpha value is -1.10. The SMILES string of the molecule is CC[C@@H](C)[C@@H](NC(=O)[C@H]1CCOC1)C(N)=O. The van der Waals surface area contributed by atoms with Gasteiger partial charge in [-0.15, -0.1) is 0 Å². The van der Waals surface area contributed by atoms with E-state index in [4.69, 9.17) is 10.5 Å². The maximum atomic E-state index is 11.8. The van der Waals surface area contributed by atoms with Crippen LogP contribution in [-0.4, -0.2) is 31.1 Å². The van der Waals surface area contributed by atoms with Gasteiger partial charge in [-0.05, 0) is 12.3 Å². The maximum Gasteiger partial charge on any atom is 0.240 e. The smallest absolute Gasteiger partial charge is 0.240 e. The van der Waals surface area contributed by atoms with E-state index in [-0.39, 0.29) is 17.7 Å². The summed E-state index contributed by atoms with van der Waals surface area (Å²) in [5.74, 6) is -0.669. The van der Waals surface area contributed by atoms with Crippen molar-refractivity contribution in [3.8, 4) is 0 Å². The molecule has 92 valence electrons. The first-order valence-corrected chi connectivity index (χ1v) is 5.73. The Morgan fingerprint density at radius 1 is 1.56 bits per heavy atom. The van der Waals surface area contributed by atoms with Crippen LogP contribution in [-0.2, 0) is 14.3 Å². The quantitative estimate of drug-likeness (QED) is 0.697. The van der Waals surface area contributed by atoms with Crippen molar-refractivity contribution in [2.75, 3.05) is 13.2 Å². The number of nitrogens with two attached hydrogens (primary N) is 1. The molecule has 0 radical (unpaired) electrons. The number of rotatable bonds is 5. The number of amides is 2. The third-order valence-corrected chi connectivity index (χ3v) is 3.12.